The monoisotopic (exact) mass is 382 g/mol. The van der Waals surface area contributed by atoms with Crippen molar-refractivity contribution in [3.63, 3.8) is 0 Å². The maximum atomic E-state index is 12.3. The first kappa shape index (κ1) is 19.6. The van der Waals surface area contributed by atoms with Crippen LogP contribution < -0.4 is 10.2 Å². The number of rotatable bonds is 6. The van der Waals surface area contributed by atoms with E-state index in [1.54, 1.807) is 0 Å². The number of ether oxygens (including phenoxy) is 2. The highest BCUT2D eigenvalue weighted by Gasteiger charge is 2.19. The van der Waals surface area contributed by atoms with E-state index in [1.165, 1.54) is 31.2 Å². The summed E-state index contributed by atoms with van der Waals surface area (Å²) in [6, 6.07) is 13.5. The summed E-state index contributed by atoms with van der Waals surface area (Å²) in [6.07, 6.45) is -0.271. The van der Waals surface area contributed by atoms with E-state index in [1.807, 2.05) is 24.3 Å². The molecule has 1 N–H and O–H groups in total. The summed E-state index contributed by atoms with van der Waals surface area (Å²) in [5.74, 6) is -1.04. The molecule has 7 nitrogen and oxygen atoms in total. The molecule has 2 aromatic carbocycles. The van der Waals surface area contributed by atoms with Crippen LogP contribution in [0.1, 0.15) is 27.6 Å². The lowest BCUT2D eigenvalue weighted by atomic mass is 10.1. The number of morpholine rings is 1. The van der Waals surface area contributed by atoms with Crippen LogP contribution in [0.5, 0.6) is 0 Å². The molecule has 1 heterocycles. The van der Waals surface area contributed by atoms with Crippen molar-refractivity contribution in [2.24, 2.45) is 0 Å². The molecule has 146 valence electrons. The van der Waals surface area contributed by atoms with Gasteiger partial charge in [0.15, 0.2) is 6.10 Å². The molecule has 0 spiro atoms. The van der Waals surface area contributed by atoms with E-state index in [0.717, 1.165) is 18.8 Å². The van der Waals surface area contributed by atoms with Gasteiger partial charge in [0.2, 0.25) is 0 Å². The van der Waals surface area contributed by atoms with Gasteiger partial charge in [-0.1, -0.05) is 12.1 Å². The van der Waals surface area contributed by atoms with E-state index in [-0.39, 0.29) is 5.56 Å². The third-order valence-corrected chi connectivity index (χ3v) is 4.45. The Bertz CT molecular complexity index is 827. The van der Waals surface area contributed by atoms with E-state index in [0.29, 0.717) is 30.8 Å². The normalized spacial score (nSPS) is 14.8. The predicted octanol–water partition coefficient (Wildman–Crippen LogP) is 2.52. The molecule has 0 radical (unpaired) electrons. The molecular formula is C21H22N2O5. The van der Waals surface area contributed by atoms with Crippen LogP contribution in [0.15, 0.2) is 48.5 Å². The Morgan fingerprint density at radius 3 is 2.32 bits per heavy atom. The number of amides is 1. The van der Waals surface area contributed by atoms with Crippen molar-refractivity contribution in [2.45, 2.75) is 13.0 Å². The predicted molar refractivity (Wildman–Crippen MR) is 105 cm³/mol. The van der Waals surface area contributed by atoms with Crippen molar-refractivity contribution in [3.05, 3.63) is 59.7 Å². The highest BCUT2D eigenvalue weighted by Crippen LogP contribution is 2.19. The zero-order valence-corrected chi connectivity index (χ0v) is 15.6. The van der Waals surface area contributed by atoms with Gasteiger partial charge in [0.05, 0.1) is 18.8 Å². The molecule has 0 aliphatic carbocycles. The van der Waals surface area contributed by atoms with Crippen LogP contribution in [0.25, 0.3) is 0 Å². The number of benzene rings is 2. The number of anilines is 2. The number of carbonyl (C=O) groups excluding carboxylic acids is 3. The van der Waals surface area contributed by atoms with Crippen molar-refractivity contribution in [1.82, 2.24) is 0 Å². The Hall–Kier alpha value is -3.19. The number of aldehydes is 1. The van der Waals surface area contributed by atoms with Crippen molar-refractivity contribution in [1.29, 1.82) is 0 Å². The Balaban J connectivity index is 1.54. The second-order valence-corrected chi connectivity index (χ2v) is 6.42. The first-order valence-electron chi connectivity index (χ1n) is 9.06. The van der Waals surface area contributed by atoms with E-state index in [9.17, 15) is 14.4 Å². The van der Waals surface area contributed by atoms with E-state index in [2.05, 4.69) is 10.2 Å². The summed E-state index contributed by atoms with van der Waals surface area (Å²) in [5.41, 5.74) is 2.43. The maximum Gasteiger partial charge on any atom is 0.338 e. The Kier molecular flexibility index (Phi) is 6.39. The molecule has 1 saturated heterocycles. The fourth-order valence-electron chi connectivity index (χ4n) is 2.80. The standard InChI is InChI=1S/C21H22N2O5/c1-15(28-21(26)17-4-2-16(14-24)3-5-17)20(25)22-18-6-8-19(9-7-18)23-10-12-27-13-11-23/h2-9,14-15H,10-13H2,1H3,(H,22,25)/t15-/m1/s1. The SMILES string of the molecule is C[C@@H](OC(=O)c1ccc(C=O)cc1)C(=O)Nc1ccc(N2CCOCC2)cc1. The molecule has 0 bridgehead atoms. The molecule has 0 saturated carbocycles. The largest absolute Gasteiger partial charge is 0.449 e. The van der Waals surface area contributed by atoms with Crippen LogP contribution in [-0.2, 0) is 14.3 Å². The van der Waals surface area contributed by atoms with Gasteiger partial charge in [0.1, 0.15) is 6.29 Å². The lowest BCUT2D eigenvalue weighted by Crippen LogP contribution is -2.36. The van der Waals surface area contributed by atoms with Crippen LogP contribution in [0.3, 0.4) is 0 Å². The van der Waals surface area contributed by atoms with Gasteiger partial charge in [-0.3, -0.25) is 9.59 Å². The highest BCUT2D eigenvalue weighted by molar-refractivity contribution is 5.97. The molecule has 7 heteroatoms. The summed E-state index contributed by atoms with van der Waals surface area (Å²) >= 11 is 0. The minimum Gasteiger partial charge on any atom is -0.449 e. The zero-order chi connectivity index (χ0) is 19.9. The molecule has 3 rings (SSSR count). The minimum atomic E-state index is -0.961. The number of carbonyl (C=O) groups is 3. The number of nitrogens with one attached hydrogen (secondary N) is 1. The van der Waals surface area contributed by atoms with E-state index >= 15 is 0 Å². The third kappa shape index (κ3) is 4.95. The van der Waals surface area contributed by atoms with Crippen LogP contribution in [0.2, 0.25) is 0 Å². The molecule has 1 aliphatic heterocycles. The van der Waals surface area contributed by atoms with Crippen molar-refractivity contribution >= 4 is 29.5 Å². The maximum absolute atomic E-state index is 12.3. The van der Waals surface area contributed by atoms with Crippen LogP contribution in [0.4, 0.5) is 11.4 Å². The quantitative estimate of drug-likeness (QED) is 0.610. The van der Waals surface area contributed by atoms with E-state index < -0.39 is 18.0 Å². The molecule has 1 amide bonds. The van der Waals surface area contributed by atoms with Crippen molar-refractivity contribution in [2.75, 3.05) is 36.5 Å². The summed E-state index contributed by atoms with van der Waals surface area (Å²) in [7, 11) is 0. The average Bonchev–Trinajstić information content (AvgIpc) is 2.75. The summed E-state index contributed by atoms with van der Waals surface area (Å²) in [6.45, 7) is 4.60. The lowest BCUT2D eigenvalue weighted by Gasteiger charge is -2.28. The summed E-state index contributed by atoms with van der Waals surface area (Å²) in [5, 5.41) is 2.74. The number of hydrogen-bond donors (Lipinski definition) is 1. The van der Waals surface area contributed by atoms with Gasteiger partial charge < -0.3 is 19.7 Å². The van der Waals surface area contributed by atoms with Gasteiger partial charge in [0.25, 0.3) is 5.91 Å². The van der Waals surface area contributed by atoms with Gasteiger partial charge in [-0.2, -0.15) is 0 Å². The van der Waals surface area contributed by atoms with Crippen LogP contribution >= 0.6 is 0 Å². The van der Waals surface area contributed by atoms with Crippen molar-refractivity contribution < 1.29 is 23.9 Å². The van der Waals surface area contributed by atoms with Gasteiger partial charge in [0, 0.05) is 30.0 Å². The molecule has 1 fully saturated rings. The number of nitrogens with zero attached hydrogens (tertiary/aromatic N) is 1. The van der Waals surface area contributed by atoms with Gasteiger partial charge in [-0.15, -0.1) is 0 Å². The first-order valence-corrected chi connectivity index (χ1v) is 9.06. The van der Waals surface area contributed by atoms with Crippen LogP contribution in [-0.4, -0.2) is 50.6 Å². The molecule has 28 heavy (non-hydrogen) atoms. The first-order chi connectivity index (χ1) is 13.6. The topological polar surface area (TPSA) is 84.9 Å². The fourth-order valence-corrected chi connectivity index (χ4v) is 2.80. The van der Waals surface area contributed by atoms with Crippen molar-refractivity contribution in [3.8, 4) is 0 Å². The fraction of sp³-hybridized carbons (Fsp3) is 0.286. The van der Waals surface area contributed by atoms with Gasteiger partial charge in [-0.25, -0.2) is 4.79 Å². The van der Waals surface area contributed by atoms with E-state index in [4.69, 9.17) is 9.47 Å². The number of hydrogen-bond acceptors (Lipinski definition) is 6. The summed E-state index contributed by atoms with van der Waals surface area (Å²) in [4.78, 5) is 37.3. The van der Waals surface area contributed by atoms with Gasteiger partial charge >= 0.3 is 5.97 Å². The Morgan fingerprint density at radius 2 is 1.71 bits per heavy atom. The average molecular weight is 382 g/mol. The lowest BCUT2D eigenvalue weighted by molar-refractivity contribution is -0.123. The van der Waals surface area contributed by atoms with Gasteiger partial charge in [-0.05, 0) is 43.3 Å². The third-order valence-electron chi connectivity index (χ3n) is 4.45. The smallest absolute Gasteiger partial charge is 0.338 e. The molecular weight excluding hydrogens is 360 g/mol. The highest BCUT2D eigenvalue weighted by atomic mass is 16.5. The molecule has 0 unspecified atom stereocenters. The molecule has 0 aromatic heterocycles. The summed E-state index contributed by atoms with van der Waals surface area (Å²) < 4.78 is 10.5. The second-order valence-electron chi connectivity index (χ2n) is 6.42. The second kappa shape index (κ2) is 9.14. The molecule has 2 aromatic rings. The number of esters is 1. The Morgan fingerprint density at radius 1 is 1.07 bits per heavy atom. The molecule has 1 atom stereocenters. The minimum absolute atomic E-state index is 0.278. The molecule has 1 aliphatic rings. The zero-order valence-electron chi connectivity index (χ0n) is 15.6. The Labute approximate surface area is 163 Å². The van der Waals surface area contributed by atoms with Crippen LogP contribution in [0, 0.1) is 0 Å².